The van der Waals surface area contributed by atoms with E-state index in [1.165, 1.54) is 45.0 Å². The summed E-state index contributed by atoms with van der Waals surface area (Å²) in [6.45, 7) is 12.8. The number of halogens is 1. The molecule has 0 saturated carbocycles. The number of hydrogen-bond donors (Lipinski definition) is 3. The van der Waals surface area contributed by atoms with Gasteiger partial charge in [-0.2, -0.15) is 0 Å². The first-order chi connectivity index (χ1) is 21.2. The molecule has 2 heterocycles. The molecule has 0 aliphatic carbocycles. The maximum atomic E-state index is 12.3. The Morgan fingerprint density at radius 2 is 1.27 bits per heavy atom. The predicted molar refractivity (Wildman–Crippen MR) is 172 cm³/mol. The van der Waals surface area contributed by atoms with Crippen molar-refractivity contribution in [3.8, 4) is 0 Å². The minimum Gasteiger partial charge on any atom is -0.464 e. The van der Waals surface area contributed by atoms with Gasteiger partial charge in [-0.1, -0.05) is 69.3 Å². The number of nitrogens with one attached hydrogen (secondary N) is 3. The summed E-state index contributed by atoms with van der Waals surface area (Å²) < 4.78 is 9.14. The molecule has 2 aliphatic heterocycles. The van der Waals surface area contributed by atoms with Gasteiger partial charge < -0.3 is 30.3 Å². The van der Waals surface area contributed by atoms with Crippen LogP contribution in [0, 0.1) is 0 Å². The molecule has 4 rings (SSSR count). The number of methoxy groups -OCH3 is 2. The molecule has 0 atom stereocenters. The molecule has 0 fully saturated rings. The van der Waals surface area contributed by atoms with Crippen LogP contribution in [0.3, 0.4) is 0 Å². The van der Waals surface area contributed by atoms with Crippen LogP contribution in [0.25, 0.3) is 0 Å². The summed E-state index contributed by atoms with van der Waals surface area (Å²) in [6.07, 6.45) is 3.13. The van der Waals surface area contributed by atoms with Crippen LogP contribution in [-0.2, 0) is 19.1 Å². The fourth-order valence-electron chi connectivity index (χ4n) is 3.74. The Labute approximate surface area is 265 Å². The molecule has 240 valence electrons. The molecule has 0 aromatic heterocycles. The summed E-state index contributed by atoms with van der Waals surface area (Å²) >= 11 is 5.16. The minimum absolute atomic E-state index is 0.200. The number of nitrogens with zero attached hydrogens (tertiary/aromatic N) is 2. The number of amides is 1. The Morgan fingerprint density at radius 1 is 0.750 bits per heavy atom. The number of esters is 2. The first-order valence-electron chi connectivity index (χ1n) is 14.4. The van der Waals surface area contributed by atoms with Crippen molar-refractivity contribution in [2.75, 3.05) is 60.0 Å². The van der Waals surface area contributed by atoms with Crippen molar-refractivity contribution < 1.29 is 28.7 Å². The lowest BCUT2D eigenvalue weighted by molar-refractivity contribution is -0.138. The van der Waals surface area contributed by atoms with Crippen LogP contribution in [0.1, 0.15) is 41.5 Å². The molecule has 44 heavy (non-hydrogen) atoms. The topological polar surface area (TPSA) is 129 Å². The Morgan fingerprint density at radius 3 is 1.68 bits per heavy atom. The molecule has 2 aromatic rings. The van der Waals surface area contributed by atoms with Crippen molar-refractivity contribution in [2.45, 2.75) is 20.8 Å². The summed E-state index contributed by atoms with van der Waals surface area (Å²) in [5.74, 6) is -1.05. The SMILES string of the molecule is CCN(CC)CC.COC(=O)C1=CNCCN1.COC(=O)C1=CNCCN1C(=O)c1ccccc1.O=C(Cl)c1ccccc1. The van der Waals surface area contributed by atoms with E-state index in [1.54, 1.807) is 54.7 Å². The maximum absolute atomic E-state index is 12.3. The average Bonchev–Trinajstić information content (AvgIpc) is 3.10. The Balaban J connectivity index is 0.000000318. The standard InChI is InChI=1S/C13H14N2O3.C7H5ClO.C6H10N2O2.C6H15N/c1-18-13(17)11-9-14-7-8-15(11)12(16)10-5-3-2-4-6-10;8-7(9)6-4-2-1-3-5-6;1-10-6(9)5-4-7-2-3-8-5;1-4-7(5-2)6-3/h2-6,9,14H,7-8H2,1H3;1-5H;4,7-8H,2-3H2,1H3;4-6H2,1-3H3. The molecule has 3 N–H and O–H groups in total. The van der Waals surface area contributed by atoms with E-state index < -0.39 is 11.2 Å². The molecule has 0 spiro atoms. The fourth-order valence-corrected chi connectivity index (χ4v) is 3.87. The van der Waals surface area contributed by atoms with Gasteiger partial charge >= 0.3 is 11.9 Å². The normalized spacial score (nSPS) is 13.1. The molecule has 1 amide bonds. The number of rotatable bonds is 7. The van der Waals surface area contributed by atoms with Crippen LogP contribution in [0.15, 0.2) is 84.5 Å². The third-order valence-corrected chi connectivity index (χ3v) is 6.47. The minimum atomic E-state index is -0.522. The molecular weight excluding hydrogens is 586 g/mol. The highest BCUT2D eigenvalue weighted by Gasteiger charge is 2.27. The van der Waals surface area contributed by atoms with Crippen molar-refractivity contribution in [1.82, 2.24) is 25.8 Å². The van der Waals surface area contributed by atoms with E-state index in [1.807, 2.05) is 12.1 Å². The molecule has 11 nitrogen and oxygen atoms in total. The van der Waals surface area contributed by atoms with Gasteiger partial charge in [0.1, 0.15) is 11.4 Å². The number of carbonyl (C=O) groups is 4. The quantitative estimate of drug-likeness (QED) is 0.310. The number of carbonyl (C=O) groups excluding carboxylic acids is 4. The third kappa shape index (κ3) is 13.7. The van der Waals surface area contributed by atoms with Crippen molar-refractivity contribution in [2.24, 2.45) is 0 Å². The van der Waals surface area contributed by atoms with Gasteiger partial charge in [-0.25, -0.2) is 9.59 Å². The molecular formula is C32H44ClN5O6. The van der Waals surface area contributed by atoms with E-state index in [2.05, 4.69) is 51.1 Å². The first-order valence-corrected chi connectivity index (χ1v) is 14.7. The van der Waals surface area contributed by atoms with Gasteiger partial charge in [0.05, 0.1) is 14.2 Å². The zero-order valence-corrected chi connectivity index (χ0v) is 26.9. The van der Waals surface area contributed by atoms with Gasteiger partial charge in [0.25, 0.3) is 11.1 Å². The lowest BCUT2D eigenvalue weighted by atomic mass is 10.2. The zero-order chi connectivity index (χ0) is 32.7. The summed E-state index contributed by atoms with van der Waals surface area (Å²) in [6, 6.07) is 17.6. The number of ether oxygens (including phenoxy) is 2. The van der Waals surface area contributed by atoms with Crippen LogP contribution < -0.4 is 16.0 Å². The highest BCUT2D eigenvalue weighted by molar-refractivity contribution is 6.67. The molecule has 0 unspecified atom stereocenters. The van der Waals surface area contributed by atoms with Crippen LogP contribution in [0.2, 0.25) is 0 Å². The van der Waals surface area contributed by atoms with Gasteiger partial charge in [-0.05, 0) is 43.4 Å². The lowest BCUT2D eigenvalue weighted by Gasteiger charge is -2.27. The summed E-state index contributed by atoms with van der Waals surface area (Å²) in [5.41, 5.74) is 1.82. The van der Waals surface area contributed by atoms with Crippen LogP contribution in [-0.4, -0.2) is 92.9 Å². The Bertz CT molecular complexity index is 1210. The second-order valence-electron chi connectivity index (χ2n) is 8.99. The first kappa shape index (κ1) is 37.7. The van der Waals surface area contributed by atoms with Gasteiger partial charge in [-0.3, -0.25) is 14.5 Å². The lowest BCUT2D eigenvalue weighted by Crippen LogP contribution is -2.42. The second kappa shape index (κ2) is 22.2. The van der Waals surface area contributed by atoms with E-state index in [0.717, 1.165) is 13.1 Å². The van der Waals surface area contributed by atoms with Gasteiger partial charge in [0.2, 0.25) is 0 Å². The molecule has 0 radical (unpaired) electrons. The largest absolute Gasteiger partial charge is 0.464 e. The molecule has 12 heteroatoms. The van der Waals surface area contributed by atoms with E-state index >= 15 is 0 Å². The zero-order valence-electron chi connectivity index (χ0n) is 26.1. The van der Waals surface area contributed by atoms with Crippen LogP contribution >= 0.6 is 11.6 Å². The predicted octanol–water partition coefficient (Wildman–Crippen LogP) is 3.35. The summed E-state index contributed by atoms with van der Waals surface area (Å²) in [4.78, 5) is 48.9. The molecule has 2 aliphatic rings. The average molecular weight is 630 g/mol. The maximum Gasteiger partial charge on any atom is 0.356 e. The van der Waals surface area contributed by atoms with Crippen molar-refractivity contribution in [3.63, 3.8) is 0 Å². The smallest absolute Gasteiger partial charge is 0.356 e. The molecule has 0 saturated heterocycles. The van der Waals surface area contributed by atoms with Crippen LogP contribution in [0.5, 0.6) is 0 Å². The highest BCUT2D eigenvalue weighted by Crippen LogP contribution is 2.14. The van der Waals surface area contributed by atoms with E-state index in [-0.39, 0.29) is 17.6 Å². The van der Waals surface area contributed by atoms with E-state index in [4.69, 9.17) is 11.6 Å². The highest BCUT2D eigenvalue weighted by atomic mass is 35.5. The summed E-state index contributed by atoms with van der Waals surface area (Å²) in [7, 11) is 2.66. The summed E-state index contributed by atoms with van der Waals surface area (Å²) in [5, 5.41) is 8.34. The van der Waals surface area contributed by atoms with Gasteiger partial charge in [0, 0.05) is 49.7 Å². The van der Waals surface area contributed by atoms with Gasteiger partial charge in [0.15, 0.2) is 0 Å². The van der Waals surface area contributed by atoms with E-state index in [0.29, 0.717) is 29.9 Å². The number of hydrogen-bond acceptors (Lipinski definition) is 10. The molecule has 2 aromatic carbocycles. The van der Waals surface area contributed by atoms with Crippen molar-refractivity contribution >= 4 is 34.7 Å². The third-order valence-electron chi connectivity index (χ3n) is 6.25. The van der Waals surface area contributed by atoms with E-state index in [9.17, 15) is 19.2 Å². The van der Waals surface area contributed by atoms with Crippen molar-refractivity contribution in [1.29, 1.82) is 0 Å². The monoisotopic (exact) mass is 629 g/mol. The van der Waals surface area contributed by atoms with Gasteiger partial charge in [-0.15, -0.1) is 0 Å². The number of benzene rings is 2. The fraction of sp³-hybridized carbons (Fsp3) is 0.375. The second-order valence-corrected chi connectivity index (χ2v) is 9.33. The van der Waals surface area contributed by atoms with Crippen LogP contribution in [0.4, 0.5) is 0 Å². The Kier molecular flexibility index (Phi) is 19.0. The van der Waals surface area contributed by atoms with Crippen molar-refractivity contribution in [3.05, 3.63) is 95.6 Å². The Hall–Kier alpha value is -4.35. The molecule has 0 bridgehead atoms.